The number of anilines is 1. The van der Waals surface area contributed by atoms with E-state index >= 15 is 0 Å². The Balaban J connectivity index is 2.64. The van der Waals surface area contributed by atoms with Crippen molar-refractivity contribution in [1.29, 1.82) is 5.26 Å². The lowest BCUT2D eigenvalue weighted by atomic mass is 10.4. The van der Waals surface area contributed by atoms with E-state index in [1.54, 1.807) is 10.9 Å². The minimum absolute atomic E-state index is 0.307. The smallest absolute Gasteiger partial charge is 0.163 e. The molecule has 0 amide bonds. The lowest BCUT2D eigenvalue weighted by Crippen LogP contribution is -2.18. The molecule has 0 saturated carbocycles. The summed E-state index contributed by atoms with van der Waals surface area (Å²) in [5, 5.41) is 12.6. The van der Waals surface area contributed by atoms with Crippen molar-refractivity contribution >= 4 is 5.82 Å². The summed E-state index contributed by atoms with van der Waals surface area (Å²) >= 11 is 0. The molecule has 70 valence electrons. The number of rotatable bonds is 3. The summed E-state index contributed by atoms with van der Waals surface area (Å²) in [5.74, 6) is 0.307. The molecule has 1 aromatic heterocycles. The summed E-state index contributed by atoms with van der Waals surface area (Å²) in [6, 6.07) is 1.98. The molecule has 5 heteroatoms. The molecule has 0 radical (unpaired) electrons. The molecule has 2 N–H and O–H groups in total. The number of nitriles is 1. The highest BCUT2D eigenvalue weighted by Gasteiger charge is 2.03. The first-order chi connectivity index (χ1) is 6.13. The third-order valence-corrected chi connectivity index (χ3v) is 1.69. The molecule has 1 rings (SSSR count). The molecule has 0 atom stereocenters. The minimum Gasteiger partial charge on any atom is -0.381 e. The molecule has 1 heterocycles. The number of likely N-dealkylation sites (N-methyl/N-ethyl adjacent to an activating group) is 1. The quantitative estimate of drug-likeness (QED) is 0.703. The summed E-state index contributed by atoms with van der Waals surface area (Å²) in [5.41, 5.74) is 5.93. The zero-order valence-corrected chi connectivity index (χ0v) is 7.86. The van der Waals surface area contributed by atoms with E-state index in [0.29, 0.717) is 11.4 Å². The highest BCUT2D eigenvalue weighted by Crippen LogP contribution is 2.06. The van der Waals surface area contributed by atoms with Crippen molar-refractivity contribution in [3.63, 3.8) is 0 Å². The van der Waals surface area contributed by atoms with Gasteiger partial charge >= 0.3 is 0 Å². The van der Waals surface area contributed by atoms with Gasteiger partial charge in [0.05, 0.1) is 6.54 Å². The standard InChI is InChI=1S/C8H13N5/c1-12(2)3-4-13-6-7(5-9)8(10)11-13/h6H,3-4H2,1-2H3,(H2,10,11). The molecule has 0 saturated heterocycles. The first-order valence-corrected chi connectivity index (χ1v) is 4.01. The summed E-state index contributed by atoms with van der Waals surface area (Å²) < 4.78 is 1.69. The van der Waals surface area contributed by atoms with E-state index in [1.165, 1.54) is 0 Å². The van der Waals surface area contributed by atoms with Gasteiger partial charge in [-0.1, -0.05) is 0 Å². The van der Waals surface area contributed by atoms with Crippen molar-refractivity contribution in [1.82, 2.24) is 14.7 Å². The maximum Gasteiger partial charge on any atom is 0.163 e. The van der Waals surface area contributed by atoms with E-state index in [0.717, 1.165) is 13.1 Å². The van der Waals surface area contributed by atoms with E-state index in [-0.39, 0.29) is 0 Å². The Morgan fingerprint density at radius 2 is 2.38 bits per heavy atom. The van der Waals surface area contributed by atoms with Gasteiger partial charge in [0.2, 0.25) is 0 Å². The Morgan fingerprint density at radius 1 is 1.69 bits per heavy atom. The normalized spacial score (nSPS) is 10.3. The maximum absolute atomic E-state index is 8.62. The van der Waals surface area contributed by atoms with Gasteiger partial charge in [-0.15, -0.1) is 0 Å². The summed E-state index contributed by atoms with van der Waals surface area (Å²) in [6.07, 6.45) is 1.67. The predicted molar refractivity (Wildman–Crippen MR) is 49.9 cm³/mol. The first-order valence-electron chi connectivity index (χ1n) is 4.01. The second-order valence-electron chi connectivity index (χ2n) is 3.11. The van der Waals surface area contributed by atoms with Crippen LogP contribution >= 0.6 is 0 Å². The van der Waals surface area contributed by atoms with Crippen molar-refractivity contribution in [2.75, 3.05) is 26.4 Å². The molecule has 0 unspecified atom stereocenters. The van der Waals surface area contributed by atoms with Crippen molar-refractivity contribution in [2.24, 2.45) is 0 Å². The van der Waals surface area contributed by atoms with Gasteiger partial charge in [-0.25, -0.2) is 0 Å². The van der Waals surface area contributed by atoms with Crippen molar-refractivity contribution in [2.45, 2.75) is 6.54 Å². The van der Waals surface area contributed by atoms with Gasteiger partial charge in [0.25, 0.3) is 0 Å². The Kier molecular flexibility index (Phi) is 2.88. The SMILES string of the molecule is CN(C)CCn1cc(C#N)c(N)n1. The largest absolute Gasteiger partial charge is 0.381 e. The molecule has 0 spiro atoms. The number of hydrogen-bond acceptors (Lipinski definition) is 4. The van der Waals surface area contributed by atoms with Crippen LogP contribution in [0.15, 0.2) is 6.20 Å². The van der Waals surface area contributed by atoms with Crippen LogP contribution in [0.25, 0.3) is 0 Å². The van der Waals surface area contributed by atoms with Gasteiger partial charge in [-0.05, 0) is 14.1 Å². The fourth-order valence-corrected chi connectivity index (χ4v) is 0.939. The molecule has 1 aromatic rings. The van der Waals surface area contributed by atoms with Crippen molar-refractivity contribution in [3.8, 4) is 6.07 Å². The van der Waals surface area contributed by atoms with Gasteiger partial charge in [-0.2, -0.15) is 10.4 Å². The maximum atomic E-state index is 8.62. The number of nitrogens with zero attached hydrogens (tertiary/aromatic N) is 4. The lowest BCUT2D eigenvalue weighted by Gasteiger charge is -2.08. The molecule has 0 fully saturated rings. The van der Waals surface area contributed by atoms with Crippen LogP contribution < -0.4 is 5.73 Å². The molecule has 0 aliphatic rings. The van der Waals surface area contributed by atoms with Crippen molar-refractivity contribution in [3.05, 3.63) is 11.8 Å². The lowest BCUT2D eigenvalue weighted by molar-refractivity contribution is 0.373. The van der Waals surface area contributed by atoms with Crippen LogP contribution in [-0.4, -0.2) is 35.3 Å². The van der Waals surface area contributed by atoms with E-state index < -0.39 is 0 Å². The van der Waals surface area contributed by atoms with Gasteiger partial charge in [0.1, 0.15) is 11.6 Å². The van der Waals surface area contributed by atoms with Crippen molar-refractivity contribution < 1.29 is 0 Å². The molecule has 13 heavy (non-hydrogen) atoms. The Labute approximate surface area is 77.4 Å². The minimum atomic E-state index is 0.307. The molecule has 0 aliphatic carbocycles. The van der Waals surface area contributed by atoms with E-state index in [9.17, 15) is 0 Å². The highest BCUT2D eigenvalue weighted by atomic mass is 15.3. The number of hydrogen-bond donors (Lipinski definition) is 1. The fourth-order valence-electron chi connectivity index (χ4n) is 0.939. The van der Waals surface area contributed by atoms with Crippen LogP contribution in [0, 0.1) is 11.3 Å². The number of nitrogen functional groups attached to an aromatic ring is 1. The molecular weight excluding hydrogens is 166 g/mol. The van der Waals surface area contributed by atoms with Crippen LogP contribution in [0.4, 0.5) is 5.82 Å². The van der Waals surface area contributed by atoms with Crippen LogP contribution in [0.5, 0.6) is 0 Å². The highest BCUT2D eigenvalue weighted by molar-refractivity contribution is 5.46. The zero-order chi connectivity index (χ0) is 9.84. The van der Waals surface area contributed by atoms with E-state index in [2.05, 4.69) is 5.10 Å². The predicted octanol–water partition coefficient (Wildman–Crippen LogP) is -0.101. The summed E-state index contributed by atoms with van der Waals surface area (Å²) in [6.45, 7) is 1.63. The van der Waals surface area contributed by atoms with Gasteiger partial charge in [0.15, 0.2) is 5.82 Å². The summed E-state index contributed by atoms with van der Waals surface area (Å²) in [4.78, 5) is 2.05. The number of aromatic nitrogens is 2. The monoisotopic (exact) mass is 179 g/mol. The third kappa shape index (κ3) is 2.46. The van der Waals surface area contributed by atoms with E-state index in [4.69, 9.17) is 11.0 Å². The average Bonchev–Trinajstić information content (AvgIpc) is 2.43. The second kappa shape index (κ2) is 3.92. The van der Waals surface area contributed by atoms with Gasteiger partial charge in [0, 0.05) is 12.7 Å². The van der Waals surface area contributed by atoms with Crippen LogP contribution in [0.2, 0.25) is 0 Å². The summed E-state index contributed by atoms with van der Waals surface area (Å²) in [7, 11) is 3.97. The molecule has 5 nitrogen and oxygen atoms in total. The molecular formula is C8H13N5. The number of nitrogens with two attached hydrogens (primary N) is 1. The molecule has 0 bridgehead atoms. The van der Waals surface area contributed by atoms with Crippen LogP contribution in [-0.2, 0) is 6.54 Å². The topological polar surface area (TPSA) is 70.9 Å². The van der Waals surface area contributed by atoms with Crippen LogP contribution in [0.1, 0.15) is 5.56 Å². The average molecular weight is 179 g/mol. The van der Waals surface area contributed by atoms with Gasteiger partial charge in [-0.3, -0.25) is 4.68 Å². The Morgan fingerprint density at radius 3 is 2.85 bits per heavy atom. The molecule has 0 aliphatic heterocycles. The van der Waals surface area contributed by atoms with Gasteiger partial charge < -0.3 is 10.6 Å². The first kappa shape index (κ1) is 9.55. The Bertz CT molecular complexity index is 320. The second-order valence-corrected chi connectivity index (χ2v) is 3.11. The van der Waals surface area contributed by atoms with Crippen LogP contribution in [0.3, 0.4) is 0 Å². The Hall–Kier alpha value is -1.54. The molecule has 0 aromatic carbocycles. The third-order valence-electron chi connectivity index (χ3n) is 1.69. The van der Waals surface area contributed by atoms with E-state index in [1.807, 2.05) is 25.1 Å². The zero-order valence-electron chi connectivity index (χ0n) is 7.86. The fraction of sp³-hybridized carbons (Fsp3) is 0.500.